The number of aromatic nitrogens is 2. The van der Waals surface area contributed by atoms with E-state index in [-0.39, 0.29) is 5.41 Å². The lowest BCUT2D eigenvalue weighted by Crippen LogP contribution is -2.53. The van der Waals surface area contributed by atoms with Crippen molar-refractivity contribution in [3.8, 4) is 5.88 Å². The van der Waals surface area contributed by atoms with Gasteiger partial charge >= 0.3 is 0 Å². The van der Waals surface area contributed by atoms with Crippen molar-refractivity contribution >= 4 is 11.7 Å². The van der Waals surface area contributed by atoms with Gasteiger partial charge in [-0.3, -0.25) is 4.79 Å². The second kappa shape index (κ2) is 6.22. The Labute approximate surface area is 143 Å². The van der Waals surface area contributed by atoms with Crippen LogP contribution in [-0.4, -0.2) is 53.6 Å². The molecule has 6 nitrogen and oxygen atoms in total. The number of methoxy groups -OCH3 is 1. The minimum Gasteiger partial charge on any atom is -0.481 e. The maximum atomic E-state index is 13.3. The molecule has 1 amide bonds. The molecule has 1 aromatic rings. The first-order valence-corrected chi connectivity index (χ1v) is 9.14. The van der Waals surface area contributed by atoms with Crippen LogP contribution in [0.1, 0.15) is 44.9 Å². The Morgan fingerprint density at radius 2 is 2.00 bits per heavy atom. The zero-order valence-corrected chi connectivity index (χ0v) is 14.4. The third-order valence-corrected chi connectivity index (χ3v) is 6.05. The van der Waals surface area contributed by atoms with Crippen LogP contribution in [0.4, 0.5) is 5.82 Å². The highest BCUT2D eigenvalue weighted by atomic mass is 16.5. The summed E-state index contributed by atoms with van der Waals surface area (Å²) in [5.41, 5.74) is -0.209. The third-order valence-electron chi connectivity index (χ3n) is 6.05. The third kappa shape index (κ3) is 2.62. The number of hydrogen-bond donors (Lipinski definition) is 0. The molecule has 3 fully saturated rings. The average Bonchev–Trinajstić information content (AvgIpc) is 3.28. The van der Waals surface area contributed by atoms with Gasteiger partial charge in [-0.1, -0.05) is 12.8 Å². The summed E-state index contributed by atoms with van der Waals surface area (Å²) in [4.78, 5) is 26.2. The van der Waals surface area contributed by atoms with Gasteiger partial charge in [-0.25, -0.2) is 9.97 Å². The summed E-state index contributed by atoms with van der Waals surface area (Å²) in [6.07, 6.45) is 9.52. The number of rotatable bonds is 3. The number of carbonyl (C=O) groups excluding carboxylic acids is 1. The monoisotopic (exact) mass is 330 g/mol. The van der Waals surface area contributed by atoms with Crippen molar-refractivity contribution in [3.05, 3.63) is 12.4 Å². The van der Waals surface area contributed by atoms with Gasteiger partial charge in [0.15, 0.2) is 0 Å². The first-order chi connectivity index (χ1) is 11.7. The van der Waals surface area contributed by atoms with E-state index in [9.17, 15) is 4.79 Å². The molecule has 1 spiro atoms. The Morgan fingerprint density at radius 1 is 1.17 bits per heavy atom. The minimum absolute atomic E-state index is 0.209. The Morgan fingerprint density at radius 3 is 2.79 bits per heavy atom. The molecular formula is C18H26N4O2. The van der Waals surface area contributed by atoms with Crippen molar-refractivity contribution in [2.75, 3.05) is 31.6 Å². The Kier molecular flexibility index (Phi) is 4.06. The maximum absolute atomic E-state index is 13.3. The second-order valence-electron chi connectivity index (χ2n) is 7.41. The van der Waals surface area contributed by atoms with Gasteiger partial charge in [-0.15, -0.1) is 0 Å². The second-order valence-corrected chi connectivity index (χ2v) is 7.41. The molecule has 0 bridgehead atoms. The molecule has 24 heavy (non-hydrogen) atoms. The molecule has 130 valence electrons. The van der Waals surface area contributed by atoms with E-state index in [0.29, 0.717) is 17.8 Å². The maximum Gasteiger partial charge on any atom is 0.230 e. The summed E-state index contributed by atoms with van der Waals surface area (Å²) in [6.45, 7) is 2.60. The van der Waals surface area contributed by atoms with E-state index < -0.39 is 0 Å². The van der Waals surface area contributed by atoms with Crippen LogP contribution in [0.15, 0.2) is 12.4 Å². The van der Waals surface area contributed by atoms with E-state index in [2.05, 4.69) is 19.8 Å². The van der Waals surface area contributed by atoms with E-state index in [4.69, 9.17) is 4.74 Å². The molecule has 0 aromatic carbocycles. The molecule has 0 N–H and O–H groups in total. The normalized spacial score (nSPS) is 28.1. The summed E-state index contributed by atoms with van der Waals surface area (Å²) in [7, 11) is 1.61. The molecule has 2 aliphatic heterocycles. The summed E-state index contributed by atoms with van der Waals surface area (Å²) < 4.78 is 5.20. The van der Waals surface area contributed by atoms with Crippen LogP contribution in [-0.2, 0) is 4.79 Å². The molecule has 2 saturated heterocycles. The summed E-state index contributed by atoms with van der Waals surface area (Å²) in [5.74, 6) is 1.83. The van der Waals surface area contributed by atoms with Gasteiger partial charge in [0.05, 0.1) is 12.5 Å². The number of carbonyl (C=O) groups is 1. The van der Waals surface area contributed by atoms with Gasteiger partial charge in [0.1, 0.15) is 12.1 Å². The van der Waals surface area contributed by atoms with Gasteiger partial charge in [0.25, 0.3) is 0 Å². The Bertz CT molecular complexity index is 617. The molecular weight excluding hydrogens is 304 g/mol. The standard InChI is InChI=1S/C18H26N4O2/c1-24-16-11-15(19-13-20-16)21-10-8-18(12-21)7-4-9-22(17(18)23)14-5-2-3-6-14/h11,13-14H,2-10,12H2,1H3/t18-/m1/s1. The van der Waals surface area contributed by atoms with E-state index in [1.165, 1.54) is 32.0 Å². The van der Waals surface area contributed by atoms with Crippen LogP contribution in [0.25, 0.3) is 0 Å². The molecule has 1 aliphatic carbocycles. The summed E-state index contributed by atoms with van der Waals surface area (Å²) in [6, 6.07) is 2.35. The fourth-order valence-corrected chi connectivity index (χ4v) is 4.73. The van der Waals surface area contributed by atoms with Gasteiger partial charge in [0, 0.05) is 31.7 Å². The smallest absolute Gasteiger partial charge is 0.230 e. The quantitative estimate of drug-likeness (QED) is 0.851. The van der Waals surface area contributed by atoms with Crippen LogP contribution in [0, 0.1) is 5.41 Å². The van der Waals surface area contributed by atoms with Gasteiger partial charge in [-0.05, 0) is 32.1 Å². The summed E-state index contributed by atoms with van der Waals surface area (Å²) >= 11 is 0. The molecule has 1 aromatic heterocycles. The van der Waals surface area contributed by atoms with E-state index >= 15 is 0 Å². The molecule has 3 heterocycles. The van der Waals surface area contributed by atoms with Crippen LogP contribution in [0.5, 0.6) is 5.88 Å². The topological polar surface area (TPSA) is 58.6 Å². The molecule has 0 radical (unpaired) electrons. The van der Waals surface area contributed by atoms with Crippen molar-refractivity contribution in [1.82, 2.24) is 14.9 Å². The molecule has 4 rings (SSSR count). The average molecular weight is 330 g/mol. The lowest BCUT2D eigenvalue weighted by atomic mass is 9.77. The fourth-order valence-electron chi connectivity index (χ4n) is 4.73. The van der Waals surface area contributed by atoms with Crippen LogP contribution in [0.3, 0.4) is 0 Å². The highest BCUT2D eigenvalue weighted by molar-refractivity contribution is 5.85. The zero-order chi connectivity index (χ0) is 16.6. The van der Waals surface area contributed by atoms with Gasteiger partial charge in [0.2, 0.25) is 11.8 Å². The SMILES string of the molecule is COc1cc(N2CC[C@]3(CCCN(C4CCCC4)C3=O)C2)ncn1. The first-order valence-electron chi connectivity index (χ1n) is 9.14. The minimum atomic E-state index is -0.209. The van der Waals surface area contributed by atoms with E-state index in [0.717, 1.165) is 44.7 Å². The van der Waals surface area contributed by atoms with Crippen molar-refractivity contribution in [2.24, 2.45) is 5.41 Å². The van der Waals surface area contributed by atoms with Crippen molar-refractivity contribution in [2.45, 2.75) is 51.0 Å². The molecule has 6 heteroatoms. The van der Waals surface area contributed by atoms with E-state index in [1.54, 1.807) is 7.11 Å². The lowest BCUT2D eigenvalue weighted by Gasteiger charge is -2.42. The number of hydrogen-bond acceptors (Lipinski definition) is 5. The Hall–Kier alpha value is -1.85. The Balaban J connectivity index is 1.52. The summed E-state index contributed by atoms with van der Waals surface area (Å²) in [5, 5.41) is 0. The van der Waals surface area contributed by atoms with Crippen LogP contribution >= 0.6 is 0 Å². The fraction of sp³-hybridized carbons (Fsp3) is 0.722. The number of piperidine rings is 1. The highest BCUT2D eigenvalue weighted by Crippen LogP contribution is 2.43. The number of likely N-dealkylation sites (tertiary alicyclic amines) is 1. The molecule has 1 atom stereocenters. The number of anilines is 1. The number of nitrogens with zero attached hydrogens (tertiary/aromatic N) is 4. The van der Waals surface area contributed by atoms with Crippen molar-refractivity contribution in [3.63, 3.8) is 0 Å². The van der Waals surface area contributed by atoms with Gasteiger partial charge < -0.3 is 14.5 Å². The largest absolute Gasteiger partial charge is 0.481 e. The lowest BCUT2D eigenvalue weighted by molar-refractivity contribution is -0.147. The first kappa shape index (κ1) is 15.7. The molecule has 3 aliphatic rings. The zero-order valence-electron chi connectivity index (χ0n) is 14.4. The van der Waals surface area contributed by atoms with E-state index in [1.807, 2.05) is 6.07 Å². The number of amides is 1. The predicted molar refractivity (Wildman–Crippen MR) is 91.1 cm³/mol. The number of ether oxygens (including phenoxy) is 1. The predicted octanol–water partition coefficient (Wildman–Crippen LogP) is 2.25. The highest BCUT2D eigenvalue weighted by Gasteiger charge is 2.50. The van der Waals surface area contributed by atoms with Gasteiger partial charge in [-0.2, -0.15) is 0 Å². The molecule has 0 unspecified atom stereocenters. The van der Waals surface area contributed by atoms with Crippen LogP contribution < -0.4 is 9.64 Å². The van der Waals surface area contributed by atoms with Crippen molar-refractivity contribution < 1.29 is 9.53 Å². The van der Waals surface area contributed by atoms with Crippen LogP contribution in [0.2, 0.25) is 0 Å². The van der Waals surface area contributed by atoms with Crippen molar-refractivity contribution in [1.29, 1.82) is 0 Å². The molecule has 1 saturated carbocycles.